The molecule has 5 rings (SSSR count). The van der Waals surface area contributed by atoms with Crippen LogP contribution in [0.25, 0.3) is 0 Å². The lowest BCUT2D eigenvalue weighted by atomic mass is 10.1. The van der Waals surface area contributed by atoms with Gasteiger partial charge in [0.2, 0.25) is 0 Å². The first-order chi connectivity index (χ1) is 14.3. The maximum Gasteiger partial charge on any atom is 0.323 e. The van der Waals surface area contributed by atoms with Crippen molar-refractivity contribution in [2.24, 2.45) is 0 Å². The molecule has 2 amide bonds. The quantitative estimate of drug-likeness (QED) is 0.709. The summed E-state index contributed by atoms with van der Waals surface area (Å²) in [6.07, 6.45) is 1.79. The summed E-state index contributed by atoms with van der Waals surface area (Å²) >= 11 is 0. The molecule has 0 fully saturated rings. The Morgan fingerprint density at radius 3 is 2.62 bits per heavy atom. The molecular weight excluding hydrogens is 368 g/mol. The predicted octanol–water partition coefficient (Wildman–Crippen LogP) is 4.02. The van der Waals surface area contributed by atoms with Gasteiger partial charge in [0.25, 0.3) is 0 Å². The monoisotopic (exact) mass is 388 g/mol. The number of carbonyl (C=O) groups is 1. The van der Waals surface area contributed by atoms with Crippen LogP contribution in [-0.4, -0.2) is 24.2 Å². The van der Waals surface area contributed by atoms with Crippen LogP contribution in [-0.2, 0) is 13.1 Å². The van der Waals surface area contributed by atoms with Crippen molar-refractivity contribution >= 4 is 23.2 Å². The first-order valence-corrected chi connectivity index (χ1v) is 9.51. The molecule has 2 aromatic carbocycles. The van der Waals surface area contributed by atoms with Crippen molar-refractivity contribution in [2.45, 2.75) is 13.1 Å². The average Bonchev–Trinajstić information content (AvgIpc) is 3.20. The fourth-order valence-electron chi connectivity index (χ4n) is 3.69. The third-order valence-electron chi connectivity index (χ3n) is 5.02. The highest BCUT2D eigenvalue weighted by molar-refractivity contribution is 6.01. The molecule has 2 N–H and O–H groups in total. The van der Waals surface area contributed by atoms with Crippen molar-refractivity contribution in [1.82, 2.24) is 4.98 Å². The molecule has 29 heavy (non-hydrogen) atoms. The van der Waals surface area contributed by atoms with Crippen molar-refractivity contribution in [3.63, 3.8) is 0 Å². The van der Waals surface area contributed by atoms with Crippen LogP contribution in [0.4, 0.5) is 22.0 Å². The zero-order valence-corrected chi connectivity index (χ0v) is 15.7. The number of ether oxygens (including phenoxy) is 2. The van der Waals surface area contributed by atoms with Crippen molar-refractivity contribution < 1.29 is 14.3 Å². The van der Waals surface area contributed by atoms with Gasteiger partial charge in [-0.05, 0) is 35.9 Å². The van der Waals surface area contributed by atoms with Gasteiger partial charge in [0.1, 0.15) is 19.0 Å². The highest BCUT2D eigenvalue weighted by atomic mass is 16.6. The van der Waals surface area contributed by atoms with Gasteiger partial charge in [0, 0.05) is 30.5 Å². The van der Waals surface area contributed by atoms with Gasteiger partial charge in [-0.25, -0.2) is 9.78 Å². The average molecular weight is 388 g/mol. The Kier molecular flexibility index (Phi) is 4.40. The summed E-state index contributed by atoms with van der Waals surface area (Å²) in [7, 11) is 0. The van der Waals surface area contributed by atoms with Crippen LogP contribution in [0.5, 0.6) is 11.5 Å². The first kappa shape index (κ1) is 17.4. The number of hydrogen-bond acceptors (Lipinski definition) is 5. The number of nitrogens with one attached hydrogen (secondary N) is 2. The number of pyridine rings is 1. The predicted molar refractivity (Wildman–Crippen MR) is 111 cm³/mol. The lowest BCUT2D eigenvalue weighted by molar-refractivity contribution is 0.172. The number of para-hydroxylation sites is 1. The lowest BCUT2D eigenvalue weighted by Crippen LogP contribution is -2.22. The standard InChI is InChI=1S/C22H20N4O3/c27-22(25-18-7-4-8-19-21(18)29-12-11-28-19)24-17-6-3-5-15-13-26(14-16(15)17)20-9-1-2-10-23-20/h1-10H,11-14H2,(H2,24,25,27). The number of benzene rings is 2. The minimum atomic E-state index is -0.322. The highest BCUT2D eigenvalue weighted by Crippen LogP contribution is 2.37. The Labute approximate surface area is 168 Å². The number of hydrogen-bond donors (Lipinski definition) is 2. The van der Waals surface area contributed by atoms with Gasteiger partial charge in [-0.15, -0.1) is 0 Å². The molecular formula is C22H20N4O3. The maximum absolute atomic E-state index is 12.7. The minimum absolute atomic E-state index is 0.322. The molecule has 2 aliphatic rings. The Balaban J connectivity index is 1.33. The number of nitrogens with zero attached hydrogens (tertiary/aromatic N) is 2. The van der Waals surface area contributed by atoms with Crippen molar-refractivity contribution in [1.29, 1.82) is 0 Å². The second-order valence-corrected chi connectivity index (χ2v) is 6.90. The Morgan fingerprint density at radius 2 is 1.72 bits per heavy atom. The molecule has 1 aromatic heterocycles. The molecule has 3 aromatic rings. The van der Waals surface area contributed by atoms with E-state index in [0.717, 1.165) is 23.6 Å². The van der Waals surface area contributed by atoms with Crippen LogP contribution in [0.15, 0.2) is 60.8 Å². The molecule has 146 valence electrons. The van der Waals surface area contributed by atoms with E-state index in [2.05, 4.69) is 26.6 Å². The van der Waals surface area contributed by atoms with Crippen molar-refractivity contribution in [3.05, 3.63) is 71.9 Å². The number of amides is 2. The summed E-state index contributed by atoms with van der Waals surface area (Å²) in [5.41, 5.74) is 3.66. The fraction of sp³-hybridized carbons (Fsp3) is 0.182. The number of rotatable bonds is 3. The molecule has 0 unspecified atom stereocenters. The van der Waals surface area contributed by atoms with Crippen LogP contribution in [0.2, 0.25) is 0 Å². The SMILES string of the molecule is O=C(Nc1cccc2c1CN(c1ccccn1)C2)Nc1cccc2c1OCCO2. The molecule has 7 nitrogen and oxygen atoms in total. The van der Waals surface area contributed by atoms with E-state index in [1.54, 1.807) is 12.3 Å². The van der Waals surface area contributed by atoms with E-state index in [9.17, 15) is 4.79 Å². The zero-order valence-electron chi connectivity index (χ0n) is 15.7. The van der Waals surface area contributed by atoms with Gasteiger partial charge in [-0.1, -0.05) is 24.3 Å². The second kappa shape index (κ2) is 7.35. The van der Waals surface area contributed by atoms with E-state index < -0.39 is 0 Å². The van der Waals surface area contributed by atoms with E-state index in [1.165, 1.54) is 5.56 Å². The molecule has 2 aliphatic heterocycles. The Hall–Kier alpha value is -3.74. The molecule has 0 radical (unpaired) electrons. The molecule has 0 bridgehead atoms. The number of anilines is 3. The summed E-state index contributed by atoms with van der Waals surface area (Å²) in [6, 6.07) is 17.0. The molecule has 0 aliphatic carbocycles. The number of aromatic nitrogens is 1. The van der Waals surface area contributed by atoms with Gasteiger partial charge >= 0.3 is 6.03 Å². The number of fused-ring (bicyclic) bond motifs is 2. The molecule has 7 heteroatoms. The molecule has 0 saturated heterocycles. The third-order valence-corrected chi connectivity index (χ3v) is 5.02. The van der Waals surface area contributed by atoms with Gasteiger partial charge in [0.15, 0.2) is 11.5 Å². The molecule has 0 spiro atoms. The van der Waals surface area contributed by atoms with Crippen molar-refractivity contribution in [3.8, 4) is 11.5 Å². The van der Waals surface area contributed by atoms with E-state index in [-0.39, 0.29) is 6.03 Å². The topological polar surface area (TPSA) is 75.7 Å². The van der Waals surface area contributed by atoms with Gasteiger partial charge in [-0.2, -0.15) is 0 Å². The summed E-state index contributed by atoms with van der Waals surface area (Å²) in [5.74, 6) is 2.13. The molecule has 0 atom stereocenters. The zero-order chi connectivity index (χ0) is 19.6. The smallest absolute Gasteiger partial charge is 0.323 e. The Bertz CT molecular complexity index is 1060. The normalized spacial score (nSPS) is 14.3. The van der Waals surface area contributed by atoms with E-state index >= 15 is 0 Å². The van der Waals surface area contributed by atoms with Crippen LogP contribution < -0.4 is 25.0 Å². The molecule has 0 saturated carbocycles. The Morgan fingerprint density at radius 1 is 0.897 bits per heavy atom. The van der Waals surface area contributed by atoms with Gasteiger partial charge in [-0.3, -0.25) is 0 Å². The van der Waals surface area contributed by atoms with E-state index in [4.69, 9.17) is 9.47 Å². The molecule has 3 heterocycles. The van der Waals surface area contributed by atoms with Crippen LogP contribution in [0.3, 0.4) is 0 Å². The van der Waals surface area contributed by atoms with Crippen LogP contribution in [0.1, 0.15) is 11.1 Å². The van der Waals surface area contributed by atoms with Gasteiger partial charge in [0.05, 0.1) is 5.69 Å². The number of carbonyl (C=O) groups excluding carboxylic acids is 1. The van der Waals surface area contributed by atoms with Gasteiger partial charge < -0.3 is 25.0 Å². The minimum Gasteiger partial charge on any atom is -0.486 e. The second-order valence-electron chi connectivity index (χ2n) is 6.90. The van der Waals surface area contributed by atoms with E-state index in [1.807, 2.05) is 42.5 Å². The summed E-state index contributed by atoms with van der Waals surface area (Å²) < 4.78 is 11.2. The summed E-state index contributed by atoms with van der Waals surface area (Å²) in [5, 5.41) is 5.85. The lowest BCUT2D eigenvalue weighted by Gasteiger charge is -2.21. The third kappa shape index (κ3) is 3.42. The summed E-state index contributed by atoms with van der Waals surface area (Å²) in [4.78, 5) is 19.3. The highest BCUT2D eigenvalue weighted by Gasteiger charge is 2.24. The summed E-state index contributed by atoms with van der Waals surface area (Å²) in [6.45, 7) is 2.43. The largest absolute Gasteiger partial charge is 0.486 e. The van der Waals surface area contributed by atoms with Crippen LogP contribution in [0, 0.1) is 0 Å². The van der Waals surface area contributed by atoms with Crippen molar-refractivity contribution in [2.75, 3.05) is 28.7 Å². The van der Waals surface area contributed by atoms with E-state index in [0.29, 0.717) is 36.9 Å². The fourth-order valence-corrected chi connectivity index (χ4v) is 3.69. The van der Waals surface area contributed by atoms with Crippen LogP contribution >= 0.6 is 0 Å². The maximum atomic E-state index is 12.7. The first-order valence-electron chi connectivity index (χ1n) is 9.51. The number of urea groups is 1.